The number of halogens is 15. The normalized spacial score (nSPS) is 11.6. The SMILES string of the molecule is C.C#CC(O)(c1cc(OC(C)C)cc(OC(C)C)c1)c1c(F)c(F)c(F)c(F)c1F.CC(C)Oc1cc([OH+]C(C)C)c2c(c1)C(c1c(F)c(F)c(F)c(F)c1F)=C[C]2=[Ru]([Cl])[Cl].I.[Cl][Ru][Cl].c1ccc(P(c2ccccc2)c2ccccc2)cc1.c1ccc(P(c2ccccc2)c2ccccc2)cc1.c1ccc([PH+](c2ccccc2)c2ccccc2)cc1.c1ccc([PH+](c2ccccc2)c2ccccc2)cc1. The van der Waals surface area contributed by atoms with Crippen LogP contribution in [0.25, 0.3) is 5.57 Å². The molecule has 0 spiro atoms. The Morgan fingerprint density at radius 1 is 0.348 bits per heavy atom. The Balaban J connectivity index is 0.000000189. The van der Waals surface area contributed by atoms with Crippen LogP contribution in [0.3, 0.4) is 0 Å². The number of allylic oxidation sites excluding steroid dienone is 1. The van der Waals surface area contributed by atoms with Crippen LogP contribution < -0.4 is 77.9 Å². The molecule has 1 atom stereocenters. The molecule has 16 aromatic rings. The van der Waals surface area contributed by atoms with Crippen LogP contribution in [0, 0.1) is 70.5 Å². The van der Waals surface area contributed by atoms with Crippen molar-refractivity contribution in [3.05, 3.63) is 486 Å². The Morgan fingerprint density at radius 2 is 0.574 bits per heavy atom. The number of rotatable bonds is 23. The van der Waals surface area contributed by atoms with Gasteiger partial charge in [0.2, 0.25) is 5.82 Å². The molecule has 1 aliphatic carbocycles. The van der Waals surface area contributed by atoms with Crippen LogP contribution in [0.5, 0.6) is 23.0 Å². The molecule has 0 amide bonds. The average molecular weight is 2350 g/mol. The molecule has 16 aromatic carbocycles. The predicted octanol–water partition coefficient (Wildman–Crippen LogP) is 27.4. The average Bonchev–Trinajstić information content (AvgIpc) is 1.65. The van der Waals surface area contributed by atoms with Gasteiger partial charge in [0.05, 0.1) is 33.6 Å². The third-order valence-corrected chi connectivity index (χ3v) is 34.0. The summed E-state index contributed by atoms with van der Waals surface area (Å²) in [4.78, 5) is 0. The van der Waals surface area contributed by atoms with Crippen molar-refractivity contribution in [3.63, 3.8) is 0 Å². The molecule has 1 unspecified atom stereocenters. The van der Waals surface area contributed by atoms with Gasteiger partial charge in [0, 0.05) is 11.6 Å². The third-order valence-electron chi connectivity index (χ3n) is 20.6. The molecule has 141 heavy (non-hydrogen) atoms. The van der Waals surface area contributed by atoms with Crippen LogP contribution in [0.15, 0.2) is 400 Å². The molecular formula is C115H104Cl4F10IO5P4Ru2+3. The number of benzene rings is 16. The summed E-state index contributed by atoms with van der Waals surface area (Å²) in [6.45, 7) is 14.0. The fraction of sp³-hybridized carbons (Fsp3) is 0.122. The standard InChI is InChI=1S/C21H19F5O3.C21H17F5O2.4C18H15P.CH4.4ClH.HI.2Ru/c1-6-21(27,15-16(22)18(24)20(26)19(25)17(15)23)12-7-13(28-10(2)3)9-14(8-12)29-11(4)5;1-9(2)27-11-7-14-12(15(8-11)28-10(3)4)5-6-13(14)16-17(22)19(24)21(26)20(25)18(16)23;4*1-4-10-16(11-5-1)19(17-12-6-2-7-13-17)18-14-8-3-9-15-18;;;;;;;;/h1,7-11,27H,2-5H3;6-10H,1-4H3;4*1-15H;1H4;5*1H;;/q;;;;;;;;;;;;2*+2/p-1. The maximum Gasteiger partial charge on any atom is 0.102 e. The van der Waals surface area contributed by atoms with Crippen LogP contribution in [0.2, 0.25) is 0 Å². The van der Waals surface area contributed by atoms with E-state index < -0.39 is 120 Å². The Labute approximate surface area is 871 Å². The Kier molecular flexibility index (Phi) is 46.7. The first-order valence-corrected chi connectivity index (χ1v) is 59.3. The summed E-state index contributed by atoms with van der Waals surface area (Å²) in [7, 11) is 19.5. The van der Waals surface area contributed by atoms with E-state index in [1.165, 1.54) is 81.9 Å². The van der Waals surface area contributed by atoms with Crippen LogP contribution in [-0.4, -0.2) is 38.4 Å². The van der Waals surface area contributed by atoms with Crippen LogP contribution in [0.1, 0.15) is 90.6 Å². The van der Waals surface area contributed by atoms with E-state index in [2.05, 4.69) is 369 Å². The zero-order chi connectivity index (χ0) is 99.7. The van der Waals surface area contributed by atoms with Gasteiger partial charge in [-0.2, -0.15) is 0 Å². The van der Waals surface area contributed by atoms with Gasteiger partial charge in [0.1, 0.15) is 43.3 Å². The van der Waals surface area contributed by atoms with Crippen molar-refractivity contribution in [1.29, 1.82) is 0 Å². The van der Waals surface area contributed by atoms with E-state index in [1.54, 1.807) is 53.5 Å². The monoisotopic (exact) mass is 2350 g/mol. The molecule has 0 fully saturated rings. The molecule has 1 aliphatic rings. The molecule has 5 nitrogen and oxygen atoms in total. The minimum Gasteiger partial charge on any atom is -0.0622 e. The number of terminal acetylenes is 1. The fourth-order valence-electron chi connectivity index (χ4n) is 14.9. The first kappa shape index (κ1) is 115. The molecule has 0 bridgehead atoms. The summed E-state index contributed by atoms with van der Waals surface area (Å²) >= 11 is -3.02. The van der Waals surface area contributed by atoms with Gasteiger partial charge in [0.25, 0.3) is 0 Å². The van der Waals surface area contributed by atoms with Crippen molar-refractivity contribution in [2.45, 2.75) is 92.8 Å². The maximum atomic E-state index is 14.6. The van der Waals surface area contributed by atoms with Crippen LogP contribution in [0.4, 0.5) is 43.9 Å². The molecule has 0 heterocycles. The summed E-state index contributed by atoms with van der Waals surface area (Å²) in [6, 6.07) is 136. The van der Waals surface area contributed by atoms with Crippen LogP contribution in [-0.2, 0) is 34.3 Å². The topological polar surface area (TPSA) is 60.7 Å². The van der Waals surface area contributed by atoms with Crippen LogP contribution >= 0.6 is 94.4 Å². The molecule has 26 heteroatoms. The Morgan fingerprint density at radius 3 is 0.801 bits per heavy atom. The zero-order valence-corrected chi connectivity index (χ0v) is 89.5. The van der Waals surface area contributed by atoms with Crippen molar-refractivity contribution in [3.8, 4) is 35.3 Å². The number of hydrogen-bond donors (Lipinski definition) is 1. The third kappa shape index (κ3) is 31.3. The van der Waals surface area contributed by atoms with Gasteiger partial charge in [-0.3, -0.25) is 0 Å². The quantitative estimate of drug-likeness (QED) is 0.0101. The van der Waals surface area contributed by atoms with E-state index in [1.807, 2.05) is 13.8 Å². The van der Waals surface area contributed by atoms with Crippen molar-refractivity contribution in [2.24, 2.45) is 0 Å². The molecule has 732 valence electrons. The molecular weight excluding hydrogens is 2250 g/mol. The van der Waals surface area contributed by atoms with E-state index in [9.17, 15) is 49.0 Å². The van der Waals surface area contributed by atoms with E-state index in [4.69, 9.17) is 59.4 Å². The summed E-state index contributed by atoms with van der Waals surface area (Å²) in [6.07, 6.45) is 5.52. The minimum absolute atomic E-state index is 0. The fourth-order valence-corrected chi connectivity index (χ4v) is 27.1. The van der Waals surface area contributed by atoms with Gasteiger partial charge < -0.3 is 14.6 Å². The summed E-state index contributed by atoms with van der Waals surface area (Å²) in [5, 5.41) is 27.9. The molecule has 2 N–H and O–H groups in total. The maximum absolute atomic E-state index is 14.6. The smallest absolute Gasteiger partial charge is 0.0622 e. The number of ether oxygens (including phenoxy) is 4. The second-order valence-corrected chi connectivity index (χ2v) is 49.6. The minimum atomic E-state index is -2.99. The van der Waals surface area contributed by atoms with Crippen molar-refractivity contribution in [1.82, 2.24) is 0 Å². The first-order valence-electron chi connectivity index (χ1n) is 43.8. The van der Waals surface area contributed by atoms with Gasteiger partial charge in [-0.1, -0.05) is 305 Å². The zero-order valence-electron chi connectivity index (χ0n) is 76.9. The molecule has 0 aliphatic heterocycles. The molecule has 17 rings (SSSR count). The van der Waals surface area contributed by atoms with E-state index in [0.29, 0.717) is 21.2 Å². The predicted molar refractivity (Wildman–Crippen MR) is 581 cm³/mol. The number of hydrogen-bond acceptors (Lipinski definition) is 4. The van der Waals surface area contributed by atoms with Gasteiger partial charge in [-0.05, 0) is 160 Å². The Bertz CT molecular complexity index is 5770. The number of aromatic hydroxyl groups is 1. The number of fused-ring (bicyclic) bond motifs is 1. The van der Waals surface area contributed by atoms with Gasteiger partial charge in [0.15, 0.2) is 28.9 Å². The van der Waals surface area contributed by atoms with Crippen molar-refractivity contribution >= 4 is 168 Å². The van der Waals surface area contributed by atoms with Crippen molar-refractivity contribution in [2.75, 3.05) is 0 Å². The first-order chi connectivity index (χ1) is 67.1. The summed E-state index contributed by atoms with van der Waals surface area (Å²) in [5.74, 6) is -18.7. The van der Waals surface area contributed by atoms with E-state index >= 15 is 0 Å². The summed E-state index contributed by atoms with van der Waals surface area (Å²) < 4.78 is 162. The van der Waals surface area contributed by atoms with Crippen molar-refractivity contribution < 1.29 is 96.6 Å². The second-order valence-electron chi connectivity index (χ2n) is 31.8. The largest absolute Gasteiger partial charge is 0.102 e. The number of aliphatic hydroxyl groups is 2. The van der Waals surface area contributed by atoms with Gasteiger partial charge in [-0.15, -0.1) is 30.4 Å². The van der Waals surface area contributed by atoms with Gasteiger partial charge >= 0.3 is 224 Å². The molecule has 0 saturated heterocycles. The van der Waals surface area contributed by atoms with Gasteiger partial charge in [-0.25, -0.2) is 22.0 Å². The summed E-state index contributed by atoms with van der Waals surface area (Å²) in [5.41, 5.74) is -5.58. The Hall–Kier alpha value is -9.99. The molecule has 0 aromatic heterocycles. The molecule has 0 radical (unpaired) electrons. The second kappa shape index (κ2) is 57.5. The molecule has 0 saturated carbocycles. The van der Waals surface area contributed by atoms with E-state index in [0.717, 1.165) is 12.1 Å². The van der Waals surface area contributed by atoms with E-state index in [-0.39, 0.29) is 99.2 Å².